The van der Waals surface area contributed by atoms with Gasteiger partial charge in [0.1, 0.15) is 0 Å². The Hall–Kier alpha value is -0.830. The van der Waals surface area contributed by atoms with E-state index >= 15 is 0 Å². The van der Waals surface area contributed by atoms with Crippen LogP contribution in [0.4, 0.5) is 0 Å². The van der Waals surface area contributed by atoms with Crippen molar-refractivity contribution in [1.82, 2.24) is 0 Å². The van der Waals surface area contributed by atoms with Gasteiger partial charge in [-0.25, -0.2) is 0 Å². The van der Waals surface area contributed by atoms with Gasteiger partial charge in [0.25, 0.3) is 0 Å². The molecule has 3 heteroatoms. The van der Waals surface area contributed by atoms with Crippen molar-refractivity contribution in [2.75, 3.05) is 0 Å². The molecule has 12 heavy (non-hydrogen) atoms. The number of hydrogen-bond donors (Lipinski definition) is 1. The summed E-state index contributed by atoms with van der Waals surface area (Å²) >= 11 is 3.31. The van der Waals surface area contributed by atoms with Gasteiger partial charge in [0.05, 0.1) is 5.92 Å². The molecule has 0 aromatic heterocycles. The van der Waals surface area contributed by atoms with Gasteiger partial charge < -0.3 is 5.11 Å². The van der Waals surface area contributed by atoms with Crippen LogP contribution in [0.2, 0.25) is 0 Å². The van der Waals surface area contributed by atoms with E-state index in [1.165, 1.54) is 0 Å². The first-order valence-corrected chi connectivity index (χ1v) is 4.49. The van der Waals surface area contributed by atoms with Crippen LogP contribution in [-0.4, -0.2) is 11.1 Å². The third-order valence-corrected chi connectivity index (χ3v) is 2.70. The van der Waals surface area contributed by atoms with Gasteiger partial charge in [-0.1, -0.05) is 22.0 Å². The lowest BCUT2D eigenvalue weighted by molar-refractivity contribution is -0.139. The predicted molar refractivity (Wildman–Crippen MR) is 48.2 cm³/mol. The van der Waals surface area contributed by atoms with Gasteiger partial charge in [0.2, 0.25) is 0 Å². The number of benzene rings is 1. The molecule has 0 heterocycles. The summed E-state index contributed by atoms with van der Waals surface area (Å²) in [5.74, 6) is -1.00. The molecule has 0 spiro atoms. The monoisotopic (exact) mass is 226 g/mol. The molecule has 0 amide bonds. The number of fused-ring (bicyclic) bond motifs is 1. The molecule has 1 aromatic rings. The Morgan fingerprint density at radius 2 is 2.33 bits per heavy atom. The molecule has 62 valence electrons. The summed E-state index contributed by atoms with van der Waals surface area (Å²) < 4.78 is 0.951. The van der Waals surface area contributed by atoms with Crippen molar-refractivity contribution in [2.45, 2.75) is 12.3 Å². The molecule has 0 saturated carbocycles. The average molecular weight is 227 g/mol. The Labute approximate surface area is 78.3 Å². The molecule has 0 aliphatic heterocycles. The van der Waals surface area contributed by atoms with Gasteiger partial charge in [-0.2, -0.15) is 0 Å². The molecule has 1 atom stereocenters. The number of carbonyl (C=O) groups is 1. The minimum Gasteiger partial charge on any atom is -0.481 e. The highest BCUT2D eigenvalue weighted by atomic mass is 79.9. The fourth-order valence-corrected chi connectivity index (χ4v) is 1.87. The summed E-state index contributed by atoms with van der Waals surface area (Å²) in [6.45, 7) is 0. The van der Waals surface area contributed by atoms with Crippen LogP contribution < -0.4 is 0 Å². The smallest absolute Gasteiger partial charge is 0.311 e. The van der Waals surface area contributed by atoms with Crippen molar-refractivity contribution >= 4 is 21.9 Å². The Balaban J connectivity index is 2.39. The molecule has 2 rings (SSSR count). The van der Waals surface area contributed by atoms with E-state index in [0.29, 0.717) is 6.42 Å². The van der Waals surface area contributed by atoms with Crippen LogP contribution >= 0.6 is 15.9 Å². The van der Waals surface area contributed by atoms with Crippen LogP contribution in [0.15, 0.2) is 22.7 Å². The molecular weight excluding hydrogens is 220 g/mol. The highest BCUT2D eigenvalue weighted by Gasteiger charge is 2.31. The topological polar surface area (TPSA) is 37.3 Å². The molecule has 1 aromatic carbocycles. The predicted octanol–water partition coefficient (Wildman–Crippen LogP) is 2.17. The van der Waals surface area contributed by atoms with Crippen LogP contribution in [0.5, 0.6) is 0 Å². The average Bonchev–Trinajstić information content (AvgIpc) is 1.95. The first-order valence-electron chi connectivity index (χ1n) is 3.69. The van der Waals surface area contributed by atoms with Crippen molar-refractivity contribution in [1.29, 1.82) is 0 Å². The van der Waals surface area contributed by atoms with Crippen LogP contribution in [0.3, 0.4) is 0 Å². The van der Waals surface area contributed by atoms with Gasteiger partial charge in [0, 0.05) is 4.47 Å². The summed E-state index contributed by atoms with van der Waals surface area (Å²) in [6, 6.07) is 5.80. The van der Waals surface area contributed by atoms with Crippen LogP contribution in [0.25, 0.3) is 0 Å². The fourth-order valence-electron chi connectivity index (χ4n) is 1.50. The van der Waals surface area contributed by atoms with Crippen LogP contribution in [0, 0.1) is 0 Å². The lowest BCUT2D eigenvalue weighted by atomic mass is 9.78. The lowest BCUT2D eigenvalue weighted by Crippen LogP contribution is -2.24. The fraction of sp³-hybridized carbons (Fsp3) is 0.222. The summed E-state index contributed by atoms with van der Waals surface area (Å²) in [5.41, 5.74) is 2.11. The Morgan fingerprint density at radius 1 is 1.58 bits per heavy atom. The highest BCUT2D eigenvalue weighted by molar-refractivity contribution is 9.10. The maximum atomic E-state index is 10.6. The second-order valence-electron chi connectivity index (χ2n) is 2.94. The molecular formula is C9H7BrO2. The number of aliphatic carboxylic acids is 1. The summed E-state index contributed by atoms with van der Waals surface area (Å²) in [5, 5.41) is 8.76. The third kappa shape index (κ3) is 1.05. The third-order valence-electron chi connectivity index (χ3n) is 2.21. The van der Waals surface area contributed by atoms with Crippen molar-refractivity contribution < 1.29 is 9.90 Å². The number of halogens is 1. The van der Waals surface area contributed by atoms with Crippen molar-refractivity contribution in [3.63, 3.8) is 0 Å². The lowest BCUT2D eigenvalue weighted by Gasteiger charge is -2.26. The first kappa shape index (κ1) is 7.80. The van der Waals surface area contributed by atoms with E-state index in [1.54, 1.807) is 0 Å². The maximum Gasteiger partial charge on any atom is 0.311 e. The van der Waals surface area contributed by atoms with E-state index in [9.17, 15) is 4.79 Å². The van der Waals surface area contributed by atoms with Gasteiger partial charge in [-0.05, 0) is 29.7 Å². The Morgan fingerprint density at radius 3 is 3.00 bits per heavy atom. The van der Waals surface area contributed by atoms with E-state index < -0.39 is 5.97 Å². The summed E-state index contributed by atoms with van der Waals surface area (Å²) in [4.78, 5) is 10.6. The molecule has 0 saturated heterocycles. The van der Waals surface area contributed by atoms with E-state index in [2.05, 4.69) is 15.9 Å². The second-order valence-corrected chi connectivity index (χ2v) is 3.85. The zero-order valence-electron chi connectivity index (χ0n) is 6.25. The standard InChI is InChI=1S/C9H7BrO2/c10-6-2-1-5-3-8(9(11)12)7(5)4-6/h1-2,4,8H,3H2,(H,11,12). The molecule has 0 radical (unpaired) electrons. The zero-order chi connectivity index (χ0) is 8.72. The normalized spacial score (nSPS) is 19.6. The Bertz CT molecular complexity index is 346. The number of carboxylic acids is 1. The van der Waals surface area contributed by atoms with Crippen molar-refractivity contribution in [3.05, 3.63) is 33.8 Å². The maximum absolute atomic E-state index is 10.6. The van der Waals surface area contributed by atoms with Crippen LogP contribution in [-0.2, 0) is 11.2 Å². The highest BCUT2D eigenvalue weighted by Crippen LogP contribution is 2.36. The first-order chi connectivity index (χ1) is 5.68. The molecule has 0 bridgehead atoms. The molecule has 1 aliphatic rings. The summed E-state index contributed by atoms with van der Waals surface area (Å²) in [6.07, 6.45) is 0.679. The molecule has 0 fully saturated rings. The van der Waals surface area contributed by atoms with Gasteiger partial charge in [0.15, 0.2) is 0 Å². The second kappa shape index (κ2) is 2.59. The van der Waals surface area contributed by atoms with Gasteiger partial charge in [-0.3, -0.25) is 4.79 Å². The minimum atomic E-state index is -0.722. The van der Waals surface area contributed by atoms with E-state index in [4.69, 9.17) is 5.11 Å². The number of carboxylic acid groups (broad SMARTS) is 1. The number of rotatable bonds is 1. The van der Waals surface area contributed by atoms with E-state index in [1.807, 2.05) is 18.2 Å². The molecule has 1 N–H and O–H groups in total. The largest absolute Gasteiger partial charge is 0.481 e. The quantitative estimate of drug-likeness (QED) is 0.798. The Kier molecular flexibility index (Phi) is 1.68. The minimum absolute atomic E-state index is 0.280. The zero-order valence-corrected chi connectivity index (χ0v) is 7.84. The van der Waals surface area contributed by atoms with Gasteiger partial charge >= 0.3 is 5.97 Å². The SMILES string of the molecule is O=C(O)C1Cc2ccc(Br)cc21. The molecule has 1 unspecified atom stereocenters. The molecule has 2 nitrogen and oxygen atoms in total. The number of hydrogen-bond acceptors (Lipinski definition) is 1. The van der Waals surface area contributed by atoms with Crippen molar-refractivity contribution in [2.24, 2.45) is 0 Å². The van der Waals surface area contributed by atoms with Crippen LogP contribution in [0.1, 0.15) is 17.0 Å². The van der Waals surface area contributed by atoms with Crippen molar-refractivity contribution in [3.8, 4) is 0 Å². The molecule has 1 aliphatic carbocycles. The summed E-state index contributed by atoms with van der Waals surface area (Å²) in [7, 11) is 0. The van der Waals surface area contributed by atoms with Gasteiger partial charge in [-0.15, -0.1) is 0 Å². The van der Waals surface area contributed by atoms with E-state index in [-0.39, 0.29) is 5.92 Å². The van der Waals surface area contributed by atoms with E-state index in [0.717, 1.165) is 15.6 Å².